The lowest BCUT2D eigenvalue weighted by Crippen LogP contribution is -2.30. The number of hydrogen-bond acceptors (Lipinski definition) is 4. The highest BCUT2D eigenvalue weighted by atomic mass is 19.1. The minimum Gasteiger partial charge on any atom is -0.453 e. The Morgan fingerprint density at radius 1 is 1.04 bits per heavy atom. The zero-order valence-corrected chi connectivity index (χ0v) is 15.8. The number of carbonyl (C=O) groups is 3. The number of halogens is 2. The predicted octanol–water partition coefficient (Wildman–Crippen LogP) is 4.11. The minimum absolute atomic E-state index is 0.0700. The van der Waals surface area contributed by atoms with Crippen molar-refractivity contribution in [3.05, 3.63) is 64.7 Å². The lowest BCUT2D eigenvalue weighted by atomic mass is 9.99. The quantitative estimate of drug-likeness (QED) is 0.571. The minimum atomic E-state index is -1.28. The van der Waals surface area contributed by atoms with Crippen LogP contribution in [-0.4, -0.2) is 23.8 Å². The molecule has 5 nitrogen and oxygen atoms in total. The number of aryl methyl sites for hydroxylation is 2. The number of esters is 1. The smallest absolute Gasteiger partial charge is 0.307 e. The second-order valence-corrected chi connectivity index (χ2v) is 6.46. The number of nitrogens with one attached hydrogen (secondary N) is 1. The van der Waals surface area contributed by atoms with E-state index in [-0.39, 0.29) is 18.6 Å². The van der Waals surface area contributed by atoms with Crippen molar-refractivity contribution in [3.8, 4) is 0 Å². The summed E-state index contributed by atoms with van der Waals surface area (Å²) in [5, 5.41) is 2.05. The third-order valence-corrected chi connectivity index (χ3v) is 4.14. The fourth-order valence-corrected chi connectivity index (χ4v) is 2.54. The highest BCUT2D eigenvalue weighted by molar-refractivity contribution is 5.99. The molecule has 0 aliphatic rings. The number of ether oxygens (including phenoxy) is 1. The Kier molecular flexibility index (Phi) is 6.98. The van der Waals surface area contributed by atoms with Crippen LogP contribution in [0.3, 0.4) is 0 Å². The molecular formula is C21H21F2NO4. The van der Waals surface area contributed by atoms with Crippen molar-refractivity contribution in [2.24, 2.45) is 0 Å². The van der Waals surface area contributed by atoms with Crippen LogP contribution in [0, 0.1) is 25.5 Å². The standard InChI is InChI=1S/C21H21F2NO4/c1-12-7-8-13(2)15(11-12)18(25)9-10-19(26)28-14(3)21(27)24-20-16(22)5-4-6-17(20)23/h4-8,11,14H,9-10H2,1-3H3,(H,24,27)/t14-/m0/s1. The van der Waals surface area contributed by atoms with Crippen molar-refractivity contribution in [2.75, 3.05) is 5.32 Å². The zero-order valence-electron chi connectivity index (χ0n) is 15.8. The summed E-state index contributed by atoms with van der Waals surface area (Å²) < 4.78 is 32.1. The number of carbonyl (C=O) groups excluding carboxylic acids is 3. The summed E-state index contributed by atoms with van der Waals surface area (Å²) in [6, 6.07) is 8.62. The summed E-state index contributed by atoms with van der Waals surface area (Å²) in [5.41, 5.74) is 1.67. The highest BCUT2D eigenvalue weighted by Gasteiger charge is 2.21. The van der Waals surface area contributed by atoms with E-state index in [9.17, 15) is 23.2 Å². The number of anilines is 1. The first-order valence-electron chi connectivity index (χ1n) is 8.74. The van der Waals surface area contributed by atoms with E-state index < -0.39 is 35.3 Å². The van der Waals surface area contributed by atoms with Gasteiger partial charge in [-0.1, -0.05) is 23.8 Å². The van der Waals surface area contributed by atoms with Gasteiger partial charge < -0.3 is 10.1 Å². The normalized spacial score (nSPS) is 11.6. The predicted molar refractivity (Wildman–Crippen MR) is 100 cm³/mol. The molecule has 7 heteroatoms. The van der Waals surface area contributed by atoms with E-state index in [0.717, 1.165) is 29.3 Å². The second kappa shape index (κ2) is 9.21. The van der Waals surface area contributed by atoms with Crippen LogP contribution in [0.25, 0.3) is 0 Å². The Morgan fingerprint density at radius 2 is 1.68 bits per heavy atom. The Hall–Kier alpha value is -3.09. The van der Waals surface area contributed by atoms with Gasteiger partial charge in [-0.05, 0) is 44.5 Å². The van der Waals surface area contributed by atoms with E-state index in [1.165, 1.54) is 6.92 Å². The van der Waals surface area contributed by atoms with E-state index in [1.807, 2.05) is 19.1 Å². The average molecular weight is 389 g/mol. The van der Waals surface area contributed by atoms with E-state index in [1.54, 1.807) is 13.0 Å². The molecule has 0 radical (unpaired) electrons. The molecular weight excluding hydrogens is 368 g/mol. The maximum Gasteiger partial charge on any atom is 0.307 e. The monoisotopic (exact) mass is 389 g/mol. The lowest BCUT2D eigenvalue weighted by molar-refractivity contribution is -0.153. The maximum absolute atomic E-state index is 13.6. The van der Waals surface area contributed by atoms with Crippen LogP contribution >= 0.6 is 0 Å². The Bertz CT molecular complexity index is 891. The van der Waals surface area contributed by atoms with Gasteiger partial charge in [0.2, 0.25) is 0 Å². The molecule has 0 heterocycles. The maximum atomic E-state index is 13.6. The summed E-state index contributed by atoms with van der Waals surface area (Å²) in [4.78, 5) is 36.2. The first-order valence-corrected chi connectivity index (χ1v) is 8.74. The molecule has 0 fully saturated rings. The van der Waals surface area contributed by atoms with Gasteiger partial charge in [-0.3, -0.25) is 14.4 Å². The van der Waals surface area contributed by atoms with Gasteiger partial charge in [0.15, 0.2) is 11.9 Å². The molecule has 0 bridgehead atoms. The number of benzene rings is 2. The zero-order chi connectivity index (χ0) is 20.8. The number of Topliss-reactive ketones (excluding diaryl/α,β-unsaturated/α-hetero) is 1. The van der Waals surface area contributed by atoms with Crippen LogP contribution in [0.2, 0.25) is 0 Å². The van der Waals surface area contributed by atoms with E-state index in [2.05, 4.69) is 5.32 Å². The lowest BCUT2D eigenvalue weighted by Gasteiger charge is -2.14. The third-order valence-electron chi connectivity index (χ3n) is 4.14. The SMILES string of the molecule is Cc1ccc(C)c(C(=O)CCC(=O)O[C@@H](C)C(=O)Nc2c(F)cccc2F)c1. The number of hydrogen-bond donors (Lipinski definition) is 1. The first kappa shape index (κ1) is 21.2. The van der Waals surface area contributed by atoms with Crippen molar-refractivity contribution in [2.45, 2.75) is 39.7 Å². The van der Waals surface area contributed by atoms with Crippen LogP contribution < -0.4 is 5.32 Å². The first-order chi connectivity index (χ1) is 13.2. The van der Waals surface area contributed by atoms with Gasteiger partial charge in [0.1, 0.15) is 17.3 Å². The third kappa shape index (κ3) is 5.45. The molecule has 2 aromatic carbocycles. The molecule has 1 atom stereocenters. The van der Waals surface area contributed by atoms with Crippen LogP contribution in [0.5, 0.6) is 0 Å². The van der Waals surface area contributed by atoms with Crippen molar-refractivity contribution in [1.29, 1.82) is 0 Å². The summed E-state index contributed by atoms with van der Waals surface area (Å²) in [6.45, 7) is 4.95. The van der Waals surface area contributed by atoms with E-state index >= 15 is 0 Å². The molecule has 0 saturated heterocycles. The molecule has 0 unspecified atom stereocenters. The molecule has 0 saturated carbocycles. The van der Waals surface area contributed by atoms with Crippen molar-refractivity contribution < 1.29 is 27.9 Å². The van der Waals surface area contributed by atoms with E-state index in [0.29, 0.717) is 5.56 Å². The van der Waals surface area contributed by atoms with Gasteiger partial charge in [0.25, 0.3) is 5.91 Å². The largest absolute Gasteiger partial charge is 0.453 e. The molecule has 2 rings (SSSR count). The van der Waals surface area contributed by atoms with Gasteiger partial charge in [0.05, 0.1) is 6.42 Å². The average Bonchev–Trinajstić information content (AvgIpc) is 2.64. The van der Waals surface area contributed by atoms with Gasteiger partial charge in [-0.15, -0.1) is 0 Å². The fraction of sp³-hybridized carbons (Fsp3) is 0.286. The topological polar surface area (TPSA) is 72.5 Å². The van der Waals surface area contributed by atoms with Crippen LogP contribution in [0.15, 0.2) is 36.4 Å². The Morgan fingerprint density at radius 3 is 2.32 bits per heavy atom. The van der Waals surface area contributed by atoms with Gasteiger partial charge in [-0.2, -0.15) is 0 Å². The van der Waals surface area contributed by atoms with Gasteiger partial charge in [0, 0.05) is 12.0 Å². The molecule has 148 valence electrons. The second-order valence-electron chi connectivity index (χ2n) is 6.46. The molecule has 0 spiro atoms. The summed E-state index contributed by atoms with van der Waals surface area (Å²) in [5.74, 6) is -3.71. The summed E-state index contributed by atoms with van der Waals surface area (Å²) in [6.07, 6.45) is -1.56. The summed E-state index contributed by atoms with van der Waals surface area (Å²) >= 11 is 0. The Labute approximate surface area is 161 Å². The molecule has 0 aliphatic heterocycles. The molecule has 1 amide bonds. The molecule has 0 aromatic heterocycles. The van der Waals surface area contributed by atoms with E-state index in [4.69, 9.17) is 4.74 Å². The van der Waals surface area contributed by atoms with Gasteiger partial charge >= 0.3 is 5.97 Å². The van der Waals surface area contributed by atoms with Crippen molar-refractivity contribution in [3.63, 3.8) is 0 Å². The number of amides is 1. The Balaban J connectivity index is 1.89. The van der Waals surface area contributed by atoms with Crippen LogP contribution in [0.1, 0.15) is 41.3 Å². The molecule has 1 N–H and O–H groups in total. The van der Waals surface area contributed by atoms with Crippen LogP contribution in [0.4, 0.5) is 14.5 Å². The van der Waals surface area contributed by atoms with Crippen LogP contribution in [-0.2, 0) is 14.3 Å². The summed E-state index contributed by atoms with van der Waals surface area (Å²) in [7, 11) is 0. The molecule has 28 heavy (non-hydrogen) atoms. The fourth-order valence-electron chi connectivity index (χ4n) is 2.54. The van der Waals surface area contributed by atoms with Gasteiger partial charge in [-0.25, -0.2) is 8.78 Å². The van der Waals surface area contributed by atoms with Crippen molar-refractivity contribution in [1.82, 2.24) is 0 Å². The molecule has 0 aliphatic carbocycles. The number of rotatable bonds is 7. The highest BCUT2D eigenvalue weighted by Crippen LogP contribution is 2.19. The molecule has 2 aromatic rings. The van der Waals surface area contributed by atoms with Crippen molar-refractivity contribution >= 4 is 23.3 Å². The number of para-hydroxylation sites is 1. The number of ketones is 1.